The van der Waals surface area contributed by atoms with Crippen LogP contribution in [0.4, 0.5) is 0 Å². The van der Waals surface area contributed by atoms with E-state index in [9.17, 15) is 4.79 Å². The normalized spacial score (nSPS) is 20.1. The van der Waals surface area contributed by atoms with Gasteiger partial charge in [0.15, 0.2) is 0 Å². The second-order valence-corrected chi connectivity index (χ2v) is 5.31. The van der Waals surface area contributed by atoms with Gasteiger partial charge in [-0.2, -0.15) is 11.8 Å². The third kappa shape index (κ3) is 3.37. The Morgan fingerprint density at radius 3 is 2.82 bits per heavy atom. The zero-order valence-electron chi connectivity index (χ0n) is 10.0. The van der Waals surface area contributed by atoms with Crippen molar-refractivity contribution < 1.29 is 4.79 Å². The molecule has 0 saturated carbocycles. The number of rotatable bonds is 3. The van der Waals surface area contributed by atoms with Gasteiger partial charge in [-0.25, -0.2) is 0 Å². The molecule has 0 aromatic heterocycles. The molecule has 2 rings (SSSR count). The van der Waals surface area contributed by atoms with Gasteiger partial charge in [0.1, 0.15) is 0 Å². The Kier molecular flexibility index (Phi) is 4.26. The monoisotopic (exact) mass is 247 g/mol. The molecule has 1 fully saturated rings. The van der Waals surface area contributed by atoms with E-state index in [1.54, 1.807) is 6.08 Å². The highest BCUT2D eigenvalue weighted by molar-refractivity contribution is 7.99. The number of amides is 1. The Morgan fingerprint density at radius 1 is 1.41 bits per heavy atom. The van der Waals surface area contributed by atoms with Gasteiger partial charge in [-0.15, -0.1) is 0 Å². The standard InChI is InChI=1S/C14H17NOS/c1-17-13-9-10-15(11-13)14(16)8-7-12-5-3-2-4-6-12/h2-8,13H,9-11H2,1H3/b8-7+. The van der Waals surface area contributed by atoms with E-state index in [4.69, 9.17) is 0 Å². The maximum Gasteiger partial charge on any atom is 0.246 e. The molecular weight excluding hydrogens is 230 g/mol. The van der Waals surface area contributed by atoms with Crippen LogP contribution in [0, 0.1) is 0 Å². The largest absolute Gasteiger partial charge is 0.338 e. The van der Waals surface area contributed by atoms with E-state index in [1.807, 2.05) is 53.1 Å². The van der Waals surface area contributed by atoms with E-state index in [-0.39, 0.29) is 5.91 Å². The lowest BCUT2D eigenvalue weighted by molar-refractivity contribution is -0.124. The van der Waals surface area contributed by atoms with Crippen LogP contribution in [-0.4, -0.2) is 35.4 Å². The molecule has 0 spiro atoms. The average molecular weight is 247 g/mol. The second-order valence-electron chi connectivity index (χ2n) is 4.17. The van der Waals surface area contributed by atoms with Crippen LogP contribution in [0.5, 0.6) is 0 Å². The number of carbonyl (C=O) groups excluding carboxylic acids is 1. The Balaban J connectivity index is 1.92. The van der Waals surface area contributed by atoms with E-state index >= 15 is 0 Å². The molecule has 1 aliphatic heterocycles. The maximum atomic E-state index is 11.9. The van der Waals surface area contributed by atoms with Gasteiger partial charge in [0, 0.05) is 24.4 Å². The molecular formula is C14H17NOS. The van der Waals surface area contributed by atoms with Crippen LogP contribution >= 0.6 is 11.8 Å². The number of hydrogen-bond donors (Lipinski definition) is 0. The molecule has 0 bridgehead atoms. The van der Waals surface area contributed by atoms with Crippen LogP contribution in [0.3, 0.4) is 0 Å². The fraction of sp³-hybridized carbons (Fsp3) is 0.357. The van der Waals surface area contributed by atoms with Crippen molar-refractivity contribution >= 4 is 23.7 Å². The molecule has 2 nitrogen and oxygen atoms in total. The van der Waals surface area contributed by atoms with Gasteiger partial charge < -0.3 is 4.90 Å². The third-order valence-corrected chi connectivity index (χ3v) is 4.06. The molecule has 17 heavy (non-hydrogen) atoms. The number of benzene rings is 1. The summed E-state index contributed by atoms with van der Waals surface area (Å²) in [6.07, 6.45) is 6.79. The summed E-state index contributed by atoms with van der Waals surface area (Å²) in [6, 6.07) is 9.92. The summed E-state index contributed by atoms with van der Waals surface area (Å²) in [5, 5.41) is 0.615. The SMILES string of the molecule is CSC1CCN(C(=O)/C=C/c2ccccc2)C1. The molecule has 0 aliphatic carbocycles. The summed E-state index contributed by atoms with van der Waals surface area (Å²) in [5.41, 5.74) is 1.07. The van der Waals surface area contributed by atoms with E-state index < -0.39 is 0 Å². The average Bonchev–Trinajstić information content (AvgIpc) is 2.86. The molecule has 0 radical (unpaired) electrons. The zero-order valence-corrected chi connectivity index (χ0v) is 10.8. The topological polar surface area (TPSA) is 20.3 Å². The van der Waals surface area contributed by atoms with Gasteiger partial charge in [0.05, 0.1) is 0 Å². The first kappa shape index (κ1) is 12.2. The number of nitrogens with zero attached hydrogens (tertiary/aromatic N) is 1. The second kappa shape index (κ2) is 5.92. The zero-order chi connectivity index (χ0) is 12.1. The Morgan fingerprint density at radius 2 is 2.18 bits per heavy atom. The molecule has 90 valence electrons. The predicted octanol–water partition coefficient (Wildman–Crippen LogP) is 2.66. The Bertz CT molecular complexity index is 402. The van der Waals surface area contributed by atoms with Crippen molar-refractivity contribution in [1.29, 1.82) is 0 Å². The van der Waals surface area contributed by atoms with Crippen LogP contribution in [-0.2, 0) is 4.79 Å². The molecule has 0 N–H and O–H groups in total. The van der Waals surface area contributed by atoms with Crippen molar-refractivity contribution in [2.75, 3.05) is 19.3 Å². The smallest absolute Gasteiger partial charge is 0.246 e. The van der Waals surface area contributed by atoms with Gasteiger partial charge in [0.25, 0.3) is 0 Å². The summed E-state index contributed by atoms with van der Waals surface area (Å²) in [5.74, 6) is 0.130. The number of likely N-dealkylation sites (tertiary alicyclic amines) is 1. The predicted molar refractivity (Wildman–Crippen MR) is 74.0 cm³/mol. The summed E-state index contributed by atoms with van der Waals surface area (Å²) in [4.78, 5) is 13.8. The van der Waals surface area contributed by atoms with Crippen molar-refractivity contribution in [3.8, 4) is 0 Å². The van der Waals surface area contributed by atoms with Gasteiger partial charge in [-0.3, -0.25) is 4.79 Å². The van der Waals surface area contributed by atoms with Gasteiger partial charge in [-0.1, -0.05) is 30.3 Å². The fourth-order valence-electron chi connectivity index (χ4n) is 1.96. The first-order valence-corrected chi connectivity index (χ1v) is 7.13. The molecule has 1 amide bonds. The number of thioether (sulfide) groups is 1. The van der Waals surface area contributed by atoms with Crippen LogP contribution < -0.4 is 0 Å². The Hall–Kier alpha value is -1.22. The van der Waals surface area contributed by atoms with Crippen LogP contribution in [0.15, 0.2) is 36.4 Å². The van der Waals surface area contributed by atoms with Crippen molar-refractivity contribution in [2.24, 2.45) is 0 Å². The Labute approximate surface area is 107 Å². The molecule has 3 heteroatoms. The molecule has 1 aromatic carbocycles. The van der Waals surface area contributed by atoms with E-state index in [0.717, 1.165) is 25.1 Å². The van der Waals surface area contributed by atoms with E-state index in [1.165, 1.54) is 0 Å². The first-order valence-electron chi connectivity index (χ1n) is 5.84. The van der Waals surface area contributed by atoms with Crippen molar-refractivity contribution in [2.45, 2.75) is 11.7 Å². The highest BCUT2D eigenvalue weighted by Crippen LogP contribution is 2.20. The van der Waals surface area contributed by atoms with E-state index in [2.05, 4.69) is 6.26 Å². The summed E-state index contributed by atoms with van der Waals surface area (Å²) in [7, 11) is 0. The fourth-order valence-corrected chi connectivity index (χ4v) is 2.63. The van der Waals surface area contributed by atoms with Crippen molar-refractivity contribution in [3.05, 3.63) is 42.0 Å². The van der Waals surface area contributed by atoms with Crippen LogP contribution in [0.1, 0.15) is 12.0 Å². The van der Waals surface area contributed by atoms with Crippen molar-refractivity contribution in [1.82, 2.24) is 4.90 Å². The molecule has 1 aliphatic rings. The third-order valence-electron chi connectivity index (χ3n) is 3.01. The quantitative estimate of drug-likeness (QED) is 0.765. The minimum atomic E-state index is 0.130. The lowest BCUT2D eigenvalue weighted by atomic mass is 10.2. The molecule has 1 heterocycles. The van der Waals surface area contributed by atoms with Crippen LogP contribution in [0.2, 0.25) is 0 Å². The van der Waals surface area contributed by atoms with Crippen LogP contribution in [0.25, 0.3) is 6.08 Å². The molecule has 1 atom stereocenters. The number of carbonyl (C=O) groups is 1. The molecule has 1 unspecified atom stereocenters. The highest BCUT2D eigenvalue weighted by Gasteiger charge is 2.23. The van der Waals surface area contributed by atoms with Gasteiger partial charge >= 0.3 is 0 Å². The minimum absolute atomic E-state index is 0.130. The minimum Gasteiger partial charge on any atom is -0.338 e. The summed E-state index contributed by atoms with van der Waals surface area (Å²) >= 11 is 1.85. The van der Waals surface area contributed by atoms with Gasteiger partial charge in [0.2, 0.25) is 5.91 Å². The summed E-state index contributed by atoms with van der Waals surface area (Å²) < 4.78 is 0. The van der Waals surface area contributed by atoms with Gasteiger partial charge in [-0.05, 0) is 24.3 Å². The summed E-state index contributed by atoms with van der Waals surface area (Å²) in [6.45, 7) is 1.78. The van der Waals surface area contributed by atoms with E-state index in [0.29, 0.717) is 5.25 Å². The molecule has 1 aromatic rings. The maximum absolute atomic E-state index is 11.9. The van der Waals surface area contributed by atoms with Crippen molar-refractivity contribution in [3.63, 3.8) is 0 Å². The number of hydrogen-bond acceptors (Lipinski definition) is 2. The molecule has 1 saturated heterocycles. The first-order chi connectivity index (χ1) is 8.29. The highest BCUT2D eigenvalue weighted by atomic mass is 32.2. The lowest BCUT2D eigenvalue weighted by Gasteiger charge is -2.13. The lowest BCUT2D eigenvalue weighted by Crippen LogP contribution is -2.27.